The summed E-state index contributed by atoms with van der Waals surface area (Å²) in [6.45, 7) is 3.49. The number of hydrogen-bond donors (Lipinski definition) is 3. The number of hydrogen-bond acceptors (Lipinski definition) is 3. The maximum absolute atomic E-state index is 10.2. The van der Waals surface area contributed by atoms with E-state index in [9.17, 15) is 5.21 Å². The topological polar surface area (TPSA) is 59.8 Å². The molecule has 0 saturated carbocycles. The Balaban J connectivity index is 2.98. The van der Waals surface area contributed by atoms with Crippen molar-refractivity contribution in [2.75, 3.05) is 13.2 Å². The van der Waals surface area contributed by atoms with Crippen LogP contribution in [0.4, 0.5) is 0 Å². The van der Waals surface area contributed by atoms with Gasteiger partial charge in [0.25, 0.3) is 0 Å². The molecule has 8 heavy (non-hydrogen) atoms. The average Bonchev–Trinajstić information content (AvgIpc) is 1.83. The largest absolute Gasteiger partial charge is 0.608 e. The van der Waals surface area contributed by atoms with Crippen LogP contribution in [0.25, 0.3) is 0 Å². The molecule has 0 aromatic carbocycles. The Morgan fingerprint density at radius 3 is 2.88 bits per heavy atom. The molecule has 4 nitrogen and oxygen atoms in total. The number of aliphatic hydroxyl groups excluding tert-OH is 1. The smallest absolute Gasteiger partial charge is 0.106 e. The Hall–Kier alpha value is -0.420. The van der Waals surface area contributed by atoms with Crippen LogP contribution in [0.3, 0.4) is 0 Å². The molecule has 0 amide bonds. The molecule has 0 aliphatic rings. The standard InChI is InChI=1S/C4H10N2O2/c1-2-6(8)5-3-4-7/h2,5-7H,1,3-4H2. The molecule has 0 aliphatic heterocycles. The second kappa shape index (κ2) is 4.73. The molecule has 0 fully saturated rings. The van der Waals surface area contributed by atoms with Crippen LogP contribution in [-0.4, -0.2) is 18.3 Å². The van der Waals surface area contributed by atoms with Crippen LogP contribution in [-0.2, 0) is 0 Å². The van der Waals surface area contributed by atoms with Crippen LogP contribution in [0.2, 0.25) is 0 Å². The second-order valence-corrected chi connectivity index (χ2v) is 1.22. The lowest BCUT2D eigenvalue weighted by atomic mass is 10.7. The van der Waals surface area contributed by atoms with Crippen molar-refractivity contribution in [1.82, 2.24) is 5.43 Å². The van der Waals surface area contributed by atoms with Gasteiger partial charge >= 0.3 is 0 Å². The summed E-state index contributed by atoms with van der Waals surface area (Å²) in [5.74, 6) is 0. The number of rotatable bonds is 4. The zero-order chi connectivity index (χ0) is 6.41. The van der Waals surface area contributed by atoms with E-state index in [2.05, 4.69) is 12.0 Å². The van der Waals surface area contributed by atoms with Gasteiger partial charge in [0.1, 0.15) is 6.20 Å². The zero-order valence-electron chi connectivity index (χ0n) is 4.55. The van der Waals surface area contributed by atoms with Gasteiger partial charge in [-0.3, -0.25) is 5.17 Å². The molecule has 0 aromatic rings. The first-order valence-electron chi connectivity index (χ1n) is 2.32. The summed E-state index contributed by atoms with van der Waals surface area (Å²) < 4.78 is 0. The van der Waals surface area contributed by atoms with Gasteiger partial charge in [-0.2, -0.15) is 5.43 Å². The van der Waals surface area contributed by atoms with E-state index < -0.39 is 0 Å². The fraction of sp³-hybridized carbons (Fsp3) is 0.500. The molecule has 0 saturated heterocycles. The summed E-state index contributed by atoms with van der Waals surface area (Å²) in [4.78, 5) is 0. The molecule has 0 heterocycles. The van der Waals surface area contributed by atoms with E-state index in [-0.39, 0.29) is 11.8 Å². The van der Waals surface area contributed by atoms with Gasteiger partial charge in [-0.1, -0.05) is 0 Å². The molecule has 0 rings (SSSR count). The first-order chi connectivity index (χ1) is 3.81. The Kier molecular flexibility index (Phi) is 4.48. The SMILES string of the molecule is C=C[NH+]([O-])NCCO. The van der Waals surface area contributed by atoms with E-state index in [0.29, 0.717) is 6.54 Å². The minimum atomic E-state index is -0.251. The minimum Gasteiger partial charge on any atom is -0.608 e. The summed E-state index contributed by atoms with van der Waals surface area (Å²) in [5.41, 5.74) is 2.38. The van der Waals surface area contributed by atoms with Gasteiger partial charge in [0.05, 0.1) is 13.2 Å². The molecule has 0 bridgehead atoms. The molecule has 0 aromatic heterocycles. The predicted octanol–water partition coefficient (Wildman–Crippen LogP) is -1.99. The molecular formula is C4H10N2O2. The van der Waals surface area contributed by atoms with Gasteiger partial charge in [-0.05, 0) is 6.58 Å². The lowest BCUT2D eigenvalue weighted by molar-refractivity contribution is -0.842. The summed E-state index contributed by atoms with van der Waals surface area (Å²) in [5, 5.41) is 18.1. The van der Waals surface area contributed by atoms with E-state index in [0.717, 1.165) is 6.20 Å². The Morgan fingerprint density at radius 2 is 2.50 bits per heavy atom. The van der Waals surface area contributed by atoms with Gasteiger partial charge in [0.15, 0.2) is 0 Å². The molecule has 3 N–H and O–H groups in total. The summed E-state index contributed by atoms with van der Waals surface area (Å²) in [7, 11) is 0. The fourth-order valence-electron chi connectivity index (χ4n) is 0.251. The van der Waals surface area contributed by atoms with Crippen molar-refractivity contribution in [2.45, 2.75) is 0 Å². The lowest BCUT2D eigenvalue weighted by Crippen LogP contribution is -3.10. The Morgan fingerprint density at radius 1 is 1.88 bits per heavy atom. The summed E-state index contributed by atoms with van der Waals surface area (Å²) in [6.07, 6.45) is 1.16. The third-order valence-corrected chi connectivity index (χ3v) is 0.596. The number of quaternary nitrogens is 1. The summed E-state index contributed by atoms with van der Waals surface area (Å²) in [6, 6.07) is 0. The third kappa shape index (κ3) is 3.76. The maximum atomic E-state index is 10.2. The summed E-state index contributed by atoms with van der Waals surface area (Å²) >= 11 is 0. The maximum Gasteiger partial charge on any atom is 0.106 e. The fourth-order valence-corrected chi connectivity index (χ4v) is 0.251. The molecule has 0 aliphatic carbocycles. The van der Waals surface area contributed by atoms with Crippen molar-refractivity contribution < 1.29 is 10.3 Å². The van der Waals surface area contributed by atoms with Crippen molar-refractivity contribution >= 4 is 0 Å². The predicted molar refractivity (Wildman–Crippen MR) is 29.6 cm³/mol. The van der Waals surface area contributed by atoms with E-state index in [4.69, 9.17) is 5.11 Å². The molecule has 4 heteroatoms. The second-order valence-electron chi connectivity index (χ2n) is 1.22. The van der Waals surface area contributed by atoms with Gasteiger partial charge in [0, 0.05) is 0 Å². The Bertz CT molecular complexity index is 67.1. The van der Waals surface area contributed by atoms with Crippen molar-refractivity contribution in [1.29, 1.82) is 0 Å². The molecule has 1 unspecified atom stereocenters. The molecular weight excluding hydrogens is 108 g/mol. The Labute approximate surface area is 48.0 Å². The van der Waals surface area contributed by atoms with Crippen molar-refractivity contribution in [3.8, 4) is 0 Å². The van der Waals surface area contributed by atoms with Gasteiger partial charge in [-0.25, -0.2) is 0 Å². The van der Waals surface area contributed by atoms with Crippen molar-refractivity contribution in [2.24, 2.45) is 0 Å². The van der Waals surface area contributed by atoms with E-state index in [1.165, 1.54) is 0 Å². The average molecular weight is 118 g/mol. The van der Waals surface area contributed by atoms with E-state index in [1.54, 1.807) is 0 Å². The minimum absolute atomic E-state index is 0.0282. The van der Waals surface area contributed by atoms with Gasteiger partial charge in [-0.15, -0.1) is 0 Å². The number of hydroxylamine groups is 1. The highest BCUT2D eigenvalue weighted by atomic mass is 16.5. The van der Waals surface area contributed by atoms with Crippen LogP contribution < -0.4 is 10.6 Å². The first kappa shape index (κ1) is 7.58. The van der Waals surface area contributed by atoms with Crippen LogP contribution in [0.5, 0.6) is 0 Å². The molecule has 0 radical (unpaired) electrons. The van der Waals surface area contributed by atoms with Crippen LogP contribution in [0, 0.1) is 5.21 Å². The third-order valence-electron chi connectivity index (χ3n) is 0.596. The normalized spacial score (nSPS) is 13.2. The van der Waals surface area contributed by atoms with E-state index in [1.807, 2.05) is 0 Å². The first-order valence-corrected chi connectivity index (χ1v) is 2.32. The number of aliphatic hydroxyl groups is 1. The van der Waals surface area contributed by atoms with Crippen LogP contribution >= 0.6 is 0 Å². The zero-order valence-corrected chi connectivity index (χ0v) is 4.55. The molecule has 0 spiro atoms. The highest BCUT2D eigenvalue weighted by Gasteiger charge is 1.83. The van der Waals surface area contributed by atoms with E-state index >= 15 is 0 Å². The molecule has 48 valence electrons. The lowest BCUT2D eigenvalue weighted by Gasteiger charge is -2.15. The van der Waals surface area contributed by atoms with Crippen LogP contribution in [0.1, 0.15) is 0 Å². The van der Waals surface area contributed by atoms with Gasteiger partial charge < -0.3 is 10.3 Å². The van der Waals surface area contributed by atoms with Gasteiger partial charge in [0.2, 0.25) is 0 Å². The van der Waals surface area contributed by atoms with Crippen molar-refractivity contribution in [3.63, 3.8) is 0 Å². The highest BCUT2D eigenvalue weighted by Crippen LogP contribution is 1.43. The highest BCUT2D eigenvalue weighted by molar-refractivity contribution is 4.43. The molecule has 1 atom stereocenters. The monoisotopic (exact) mass is 118 g/mol. The van der Waals surface area contributed by atoms with Crippen LogP contribution in [0.15, 0.2) is 12.8 Å². The quantitative estimate of drug-likeness (QED) is 0.374. The van der Waals surface area contributed by atoms with Crippen molar-refractivity contribution in [3.05, 3.63) is 18.0 Å². The number of nitrogens with one attached hydrogen (secondary N) is 2.